The number of hydrogen-bond acceptors (Lipinski definition) is 5. The maximum Gasteiger partial charge on any atom is 0.244 e. The number of nitrogens with one attached hydrogen (secondary N) is 1. The zero-order valence-electron chi connectivity index (χ0n) is 17.7. The largest absolute Gasteiger partial charge is 0.493 e. The number of furan rings is 1. The fourth-order valence-corrected chi connectivity index (χ4v) is 3.16. The van der Waals surface area contributed by atoms with E-state index in [2.05, 4.69) is 5.32 Å². The number of hydrogen-bond donors (Lipinski definition) is 1. The van der Waals surface area contributed by atoms with Gasteiger partial charge in [-0.1, -0.05) is 24.3 Å². The molecular weight excluding hydrogens is 396 g/mol. The van der Waals surface area contributed by atoms with Gasteiger partial charge >= 0.3 is 0 Å². The van der Waals surface area contributed by atoms with Gasteiger partial charge in [0.15, 0.2) is 11.5 Å². The van der Waals surface area contributed by atoms with Crippen LogP contribution in [0.4, 0.5) is 5.69 Å². The van der Waals surface area contributed by atoms with Crippen molar-refractivity contribution in [2.24, 2.45) is 0 Å². The molecule has 31 heavy (non-hydrogen) atoms. The zero-order chi connectivity index (χ0) is 22.1. The minimum absolute atomic E-state index is 0.0691. The number of nitrogens with zero attached hydrogens (tertiary/aromatic N) is 1. The van der Waals surface area contributed by atoms with E-state index in [9.17, 15) is 9.59 Å². The molecule has 2 amide bonds. The third-order valence-electron chi connectivity index (χ3n) is 4.75. The van der Waals surface area contributed by atoms with E-state index in [1.165, 1.54) is 4.90 Å². The first-order chi connectivity index (χ1) is 15.1. The van der Waals surface area contributed by atoms with Crippen molar-refractivity contribution in [1.82, 2.24) is 4.90 Å². The average Bonchev–Trinajstić information content (AvgIpc) is 3.30. The van der Waals surface area contributed by atoms with Crippen LogP contribution >= 0.6 is 0 Å². The first-order valence-corrected chi connectivity index (χ1v) is 9.95. The molecule has 7 heteroatoms. The Balaban J connectivity index is 1.65. The van der Waals surface area contributed by atoms with E-state index >= 15 is 0 Å². The number of carbonyl (C=O) groups excluding carboxylic acids is 2. The summed E-state index contributed by atoms with van der Waals surface area (Å²) in [7, 11) is 3.15. The fraction of sp³-hybridized carbons (Fsp3) is 0.250. The molecule has 162 valence electrons. The SMILES string of the molecule is COc1ccc(CCC(=O)N(CC(=O)Nc2ccccc2)Cc2ccco2)cc1OC. The van der Waals surface area contributed by atoms with Gasteiger partial charge in [0.25, 0.3) is 0 Å². The van der Waals surface area contributed by atoms with Crippen molar-refractivity contribution >= 4 is 17.5 Å². The van der Waals surface area contributed by atoms with Crippen molar-refractivity contribution in [3.05, 3.63) is 78.3 Å². The van der Waals surface area contributed by atoms with Crippen LogP contribution in [0.5, 0.6) is 11.5 Å². The molecule has 3 rings (SSSR count). The Labute approximate surface area is 181 Å². The molecule has 0 saturated carbocycles. The van der Waals surface area contributed by atoms with Crippen molar-refractivity contribution in [2.75, 3.05) is 26.1 Å². The number of benzene rings is 2. The van der Waals surface area contributed by atoms with Gasteiger partial charge in [0.1, 0.15) is 12.3 Å². The molecular formula is C24H26N2O5. The van der Waals surface area contributed by atoms with Gasteiger partial charge in [-0.15, -0.1) is 0 Å². The lowest BCUT2D eigenvalue weighted by Gasteiger charge is -2.21. The highest BCUT2D eigenvalue weighted by Crippen LogP contribution is 2.28. The van der Waals surface area contributed by atoms with Gasteiger partial charge in [-0.3, -0.25) is 9.59 Å². The van der Waals surface area contributed by atoms with Gasteiger partial charge in [0, 0.05) is 12.1 Å². The molecule has 0 saturated heterocycles. The maximum atomic E-state index is 13.0. The molecule has 1 N–H and O–H groups in total. The quantitative estimate of drug-likeness (QED) is 0.536. The molecule has 0 aliphatic heterocycles. The van der Waals surface area contributed by atoms with E-state index in [1.807, 2.05) is 36.4 Å². The standard InChI is InChI=1S/C24H26N2O5/c1-29-21-12-10-18(15-22(21)30-2)11-13-24(28)26(16-20-9-6-14-31-20)17-23(27)25-19-7-4-3-5-8-19/h3-10,12,14-15H,11,13,16-17H2,1-2H3,(H,25,27). The topological polar surface area (TPSA) is 81.0 Å². The van der Waals surface area contributed by atoms with Crippen molar-refractivity contribution in [3.63, 3.8) is 0 Å². The van der Waals surface area contributed by atoms with Crippen LogP contribution in [0.1, 0.15) is 17.7 Å². The fourth-order valence-electron chi connectivity index (χ4n) is 3.16. The number of aryl methyl sites for hydroxylation is 1. The molecule has 7 nitrogen and oxygen atoms in total. The molecule has 0 aliphatic rings. The lowest BCUT2D eigenvalue weighted by molar-refractivity contribution is -0.135. The third-order valence-corrected chi connectivity index (χ3v) is 4.75. The number of amides is 2. The molecule has 0 atom stereocenters. The Hall–Kier alpha value is -3.74. The van der Waals surface area contributed by atoms with E-state index in [0.29, 0.717) is 29.4 Å². The predicted octanol–water partition coefficient (Wildman–Crippen LogP) is 3.90. The average molecular weight is 422 g/mol. The molecule has 1 heterocycles. The lowest BCUT2D eigenvalue weighted by Crippen LogP contribution is -2.37. The summed E-state index contributed by atoms with van der Waals surface area (Å²) in [5, 5.41) is 2.81. The van der Waals surface area contributed by atoms with Gasteiger partial charge in [0.2, 0.25) is 11.8 Å². The first kappa shape index (κ1) is 22.0. The van der Waals surface area contributed by atoms with Crippen LogP contribution in [0.25, 0.3) is 0 Å². The Morgan fingerprint density at radius 2 is 1.74 bits per heavy atom. The summed E-state index contributed by atoms with van der Waals surface area (Å²) >= 11 is 0. The minimum Gasteiger partial charge on any atom is -0.493 e. The van der Waals surface area contributed by atoms with Crippen molar-refractivity contribution in [3.8, 4) is 11.5 Å². The van der Waals surface area contributed by atoms with E-state index in [0.717, 1.165) is 5.56 Å². The highest BCUT2D eigenvalue weighted by atomic mass is 16.5. The Bertz CT molecular complexity index is 986. The van der Waals surface area contributed by atoms with Crippen LogP contribution < -0.4 is 14.8 Å². The number of ether oxygens (including phenoxy) is 2. The predicted molar refractivity (Wildman–Crippen MR) is 117 cm³/mol. The zero-order valence-corrected chi connectivity index (χ0v) is 17.7. The Kier molecular flexibility index (Phi) is 7.70. The molecule has 0 spiro atoms. The van der Waals surface area contributed by atoms with Gasteiger partial charge in [0.05, 0.1) is 27.0 Å². The highest BCUT2D eigenvalue weighted by molar-refractivity contribution is 5.94. The molecule has 0 aliphatic carbocycles. The summed E-state index contributed by atoms with van der Waals surface area (Å²) in [6.07, 6.45) is 2.30. The van der Waals surface area contributed by atoms with Gasteiger partial charge in [-0.25, -0.2) is 0 Å². The Morgan fingerprint density at radius 1 is 0.968 bits per heavy atom. The van der Waals surface area contributed by atoms with E-state index in [1.54, 1.807) is 44.7 Å². The molecule has 1 aromatic heterocycles. The molecule has 0 unspecified atom stereocenters. The highest BCUT2D eigenvalue weighted by Gasteiger charge is 2.19. The van der Waals surface area contributed by atoms with Crippen LogP contribution in [-0.2, 0) is 22.6 Å². The molecule has 0 bridgehead atoms. The third kappa shape index (κ3) is 6.37. The number of anilines is 1. The molecule has 2 aromatic carbocycles. The number of carbonyl (C=O) groups is 2. The molecule has 3 aromatic rings. The second-order valence-corrected chi connectivity index (χ2v) is 6.93. The van der Waals surface area contributed by atoms with Crippen LogP contribution in [0.3, 0.4) is 0 Å². The lowest BCUT2D eigenvalue weighted by atomic mass is 10.1. The smallest absolute Gasteiger partial charge is 0.244 e. The van der Waals surface area contributed by atoms with Gasteiger partial charge < -0.3 is 24.1 Å². The van der Waals surface area contributed by atoms with Crippen LogP contribution in [0, 0.1) is 0 Å². The number of para-hydroxylation sites is 1. The summed E-state index contributed by atoms with van der Waals surface area (Å²) in [5.74, 6) is 1.45. The van der Waals surface area contributed by atoms with Crippen LogP contribution in [-0.4, -0.2) is 37.5 Å². The summed E-state index contributed by atoms with van der Waals surface area (Å²) in [6.45, 7) is 0.153. The summed E-state index contributed by atoms with van der Waals surface area (Å²) in [4.78, 5) is 27.0. The van der Waals surface area contributed by atoms with Gasteiger partial charge in [-0.2, -0.15) is 0 Å². The second kappa shape index (κ2) is 10.9. The summed E-state index contributed by atoms with van der Waals surface area (Å²) in [5.41, 5.74) is 1.63. The summed E-state index contributed by atoms with van der Waals surface area (Å²) < 4.78 is 16.0. The normalized spacial score (nSPS) is 10.4. The van der Waals surface area contributed by atoms with Crippen molar-refractivity contribution in [2.45, 2.75) is 19.4 Å². The maximum absolute atomic E-state index is 13.0. The Morgan fingerprint density at radius 3 is 2.42 bits per heavy atom. The summed E-state index contributed by atoms with van der Waals surface area (Å²) in [6, 6.07) is 18.2. The van der Waals surface area contributed by atoms with E-state index in [4.69, 9.17) is 13.9 Å². The molecule has 0 fully saturated rings. The first-order valence-electron chi connectivity index (χ1n) is 9.95. The second-order valence-electron chi connectivity index (χ2n) is 6.93. The molecule has 0 radical (unpaired) electrons. The van der Waals surface area contributed by atoms with E-state index < -0.39 is 0 Å². The van der Waals surface area contributed by atoms with E-state index in [-0.39, 0.29) is 31.3 Å². The monoisotopic (exact) mass is 422 g/mol. The van der Waals surface area contributed by atoms with Crippen molar-refractivity contribution in [1.29, 1.82) is 0 Å². The van der Waals surface area contributed by atoms with Crippen molar-refractivity contribution < 1.29 is 23.5 Å². The number of methoxy groups -OCH3 is 2. The van der Waals surface area contributed by atoms with Crippen LogP contribution in [0.15, 0.2) is 71.3 Å². The van der Waals surface area contributed by atoms with Gasteiger partial charge in [-0.05, 0) is 48.4 Å². The minimum atomic E-state index is -0.266. The number of rotatable bonds is 10. The van der Waals surface area contributed by atoms with Crippen LogP contribution in [0.2, 0.25) is 0 Å².